The van der Waals surface area contributed by atoms with Crippen molar-refractivity contribution in [1.29, 1.82) is 0 Å². The Balaban J connectivity index is 1.78. The maximum absolute atomic E-state index is 14.6. The monoisotopic (exact) mass is 1060 g/mol. The number of amides is 10. The zero-order valence-corrected chi connectivity index (χ0v) is 42.4. The van der Waals surface area contributed by atoms with E-state index in [9.17, 15) is 47.9 Å². The lowest BCUT2D eigenvalue weighted by Crippen LogP contribution is -2.60. The molecule has 1 aliphatic rings. The van der Waals surface area contributed by atoms with Crippen molar-refractivity contribution < 1.29 is 47.9 Å². The lowest BCUT2D eigenvalue weighted by Gasteiger charge is -2.28. The molecule has 2 aromatic carbocycles. The first-order valence-electron chi connectivity index (χ1n) is 24.8. The van der Waals surface area contributed by atoms with Crippen LogP contribution in [0, 0.1) is 0 Å². The summed E-state index contributed by atoms with van der Waals surface area (Å²) in [5, 5.41) is 21.8. The van der Waals surface area contributed by atoms with Crippen molar-refractivity contribution in [1.82, 2.24) is 47.5 Å². The molecule has 10 amide bonds. The van der Waals surface area contributed by atoms with Crippen LogP contribution in [0.15, 0.2) is 70.8 Å². The number of fused-ring (bicyclic) bond motifs is 1. The number of carbonyl (C=O) groups excluding carboxylic acids is 10. The van der Waals surface area contributed by atoms with Crippen LogP contribution in [0.1, 0.15) is 82.3 Å². The van der Waals surface area contributed by atoms with Gasteiger partial charge in [-0.2, -0.15) is 0 Å². The van der Waals surface area contributed by atoms with E-state index < -0.39 is 108 Å². The molecule has 3 aromatic rings. The summed E-state index contributed by atoms with van der Waals surface area (Å²) in [5.41, 5.74) is 35.1. The minimum absolute atomic E-state index is 0.0231. The highest BCUT2D eigenvalue weighted by molar-refractivity contribution is 5.98. The average Bonchev–Trinajstić information content (AvgIpc) is 3.78. The number of H-pyrrole nitrogens is 1. The third-order valence-corrected chi connectivity index (χ3v) is 12.1. The molecule has 1 saturated heterocycles. The highest BCUT2D eigenvalue weighted by Gasteiger charge is 2.35. The van der Waals surface area contributed by atoms with Crippen molar-refractivity contribution in [3.63, 3.8) is 0 Å². The molecule has 2 heterocycles. The van der Waals surface area contributed by atoms with Crippen LogP contribution in [0.4, 0.5) is 0 Å². The van der Waals surface area contributed by atoms with E-state index in [0.717, 1.165) is 10.9 Å². The Kier molecular flexibility index (Phi) is 23.9. The van der Waals surface area contributed by atoms with Gasteiger partial charge in [-0.15, -0.1) is 0 Å². The maximum atomic E-state index is 14.6. The summed E-state index contributed by atoms with van der Waals surface area (Å²) in [6, 6.07) is 5.87. The van der Waals surface area contributed by atoms with Gasteiger partial charge in [-0.1, -0.05) is 48.5 Å². The Bertz CT molecular complexity index is 2580. The van der Waals surface area contributed by atoms with Crippen LogP contribution in [0.2, 0.25) is 0 Å². The van der Waals surface area contributed by atoms with Crippen molar-refractivity contribution in [2.24, 2.45) is 44.4 Å². The van der Waals surface area contributed by atoms with E-state index in [4.69, 9.17) is 34.4 Å². The molecule has 0 radical (unpaired) electrons. The number of aromatic amines is 1. The molecule has 7 atom stereocenters. The van der Waals surface area contributed by atoms with Gasteiger partial charge in [0.15, 0.2) is 11.9 Å². The number of benzene rings is 2. The number of hydrogen-bond donors (Lipinski definition) is 15. The Morgan fingerprint density at radius 2 is 1.25 bits per heavy atom. The fraction of sp³-hybridized carbons (Fsp3) is 0.469. The van der Waals surface area contributed by atoms with Gasteiger partial charge in [0, 0.05) is 69.3 Å². The van der Waals surface area contributed by atoms with Crippen LogP contribution in [0.3, 0.4) is 0 Å². The molecule has 4 rings (SSSR count). The smallest absolute Gasteiger partial charge is 0.243 e. The quantitative estimate of drug-likeness (QED) is 0.0309. The fourth-order valence-corrected chi connectivity index (χ4v) is 8.22. The van der Waals surface area contributed by atoms with E-state index in [1.165, 1.54) is 6.92 Å². The number of nitrogens with zero attached hydrogens (tertiary/aromatic N) is 2. The summed E-state index contributed by atoms with van der Waals surface area (Å²) in [5.74, 6) is -8.62. The Morgan fingerprint density at radius 1 is 0.671 bits per heavy atom. The molecule has 27 nitrogen and oxygen atoms in total. The molecule has 21 N–H and O–H groups in total. The molecule has 1 aliphatic heterocycles. The van der Waals surface area contributed by atoms with E-state index in [1.54, 1.807) is 48.7 Å². The fourth-order valence-electron chi connectivity index (χ4n) is 8.22. The van der Waals surface area contributed by atoms with Gasteiger partial charge < -0.3 is 81.9 Å². The van der Waals surface area contributed by atoms with E-state index in [2.05, 4.69) is 57.5 Å². The van der Waals surface area contributed by atoms with E-state index in [1.807, 2.05) is 12.1 Å². The third kappa shape index (κ3) is 20.6. The summed E-state index contributed by atoms with van der Waals surface area (Å²) in [7, 11) is 0. The highest BCUT2D eigenvalue weighted by Crippen LogP contribution is 2.20. The predicted octanol–water partition coefficient (Wildman–Crippen LogP) is -4.09. The lowest BCUT2D eigenvalue weighted by atomic mass is 10.0. The number of aliphatic imine (C=N–C) groups is 2. The molecule has 76 heavy (non-hydrogen) atoms. The Hall–Kier alpha value is -8.78. The molecular weight excluding hydrogens is 987 g/mol. The van der Waals surface area contributed by atoms with Crippen molar-refractivity contribution >= 4 is 81.9 Å². The second kappa shape index (κ2) is 30.4. The summed E-state index contributed by atoms with van der Waals surface area (Å²) < 4.78 is 0. The third-order valence-electron chi connectivity index (χ3n) is 12.1. The van der Waals surface area contributed by atoms with Crippen LogP contribution >= 0.6 is 0 Å². The summed E-state index contributed by atoms with van der Waals surface area (Å²) >= 11 is 0. The van der Waals surface area contributed by atoms with Gasteiger partial charge in [0.05, 0.1) is 0 Å². The molecule has 27 heteroatoms. The van der Waals surface area contributed by atoms with Gasteiger partial charge in [-0.25, -0.2) is 0 Å². The largest absolute Gasteiger partial charge is 0.370 e. The minimum Gasteiger partial charge on any atom is -0.370 e. The average molecular weight is 1060 g/mol. The molecular formula is C49H71N17O10. The Labute approximate surface area is 438 Å². The second-order valence-electron chi connectivity index (χ2n) is 18.2. The van der Waals surface area contributed by atoms with Gasteiger partial charge in [0.2, 0.25) is 59.1 Å². The van der Waals surface area contributed by atoms with Crippen molar-refractivity contribution in [3.05, 3.63) is 71.9 Å². The van der Waals surface area contributed by atoms with Crippen LogP contribution in [-0.4, -0.2) is 138 Å². The van der Waals surface area contributed by atoms with Crippen LogP contribution in [0.25, 0.3) is 10.9 Å². The number of rotatable bonds is 19. The SMILES string of the molecule is CC(=O)NC(CCCN=C(N)N)C(=O)NC1CCCNC(=O)CCC(C(N)=O)NC(=O)C(Cc2c[nH]c3ccccc23)NC(=O)C(CCCN=C(N)N)NC(=O)C(Cc2ccccc2)NC(=O)C(CCC(N)=O)NC1=O. The molecule has 1 fully saturated rings. The van der Waals surface area contributed by atoms with Crippen molar-refractivity contribution in [2.75, 3.05) is 19.6 Å². The van der Waals surface area contributed by atoms with Gasteiger partial charge in [0.25, 0.3) is 0 Å². The van der Waals surface area contributed by atoms with Gasteiger partial charge in [-0.3, -0.25) is 57.9 Å². The van der Waals surface area contributed by atoms with Crippen molar-refractivity contribution in [3.8, 4) is 0 Å². The topological polar surface area (TPSA) is 464 Å². The molecule has 412 valence electrons. The predicted molar refractivity (Wildman–Crippen MR) is 280 cm³/mol. The lowest BCUT2D eigenvalue weighted by molar-refractivity contribution is -0.136. The van der Waals surface area contributed by atoms with E-state index >= 15 is 0 Å². The zero-order valence-electron chi connectivity index (χ0n) is 42.4. The molecule has 1 aromatic heterocycles. The molecule has 0 bridgehead atoms. The van der Waals surface area contributed by atoms with Gasteiger partial charge in [-0.05, 0) is 68.6 Å². The number of nitrogens with one attached hydrogen (secondary N) is 9. The second-order valence-corrected chi connectivity index (χ2v) is 18.2. The molecule has 7 unspecified atom stereocenters. The first-order chi connectivity index (χ1) is 36.2. The first kappa shape index (κ1) is 59.8. The normalized spacial score (nSPS) is 20.9. The summed E-state index contributed by atoms with van der Waals surface area (Å²) in [6.45, 7) is 1.25. The summed E-state index contributed by atoms with van der Waals surface area (Å²) in [6.07, 6.45) is 0.170. The maximum Gasteiger partial charge on any atom is 0.243 e. The van der Waals surface area contributed by atoms with E-state index in [-0.39, 0.29) is 102 Å². The summed E-state index contributed by atoms with van der Waals surface area (Å²) in [4.78, 5) is 147. The number of primary amides is 2. The van der Waals surface area contributed by atoms with Crippen LogP contribution in [0.5, 0.6) is 0 Å². The first-order valence-corrected chi connectivity index (χ1v) is 24.8. The van der Waals surface area contributed by atoms with Crippen molar-refractivity contribution in [2.45, 2.75) is 126 Å². The van der Waals surface area contributed by atoms with Crippen LogP contribution < -0.4 is 76.9 Å². The highest BCUT2D eigenvalue weighted by atomic mass is 16.2. The zero-order chi connectivity index (χ0) is 55.7. The van der Waals surface area contributed by atoms with E-state index in [0.29, 0.717) is 11.1 Å². The number of nitrogens with two attached hydrogens (primary N) is 6. The number of para-hydroxylation sites is 1. The number of aromatic nitrogens is 1. The number of hydrogen-bond acceptors (Lipinski definition) is 12. The molecule has 0 spiro atoms. The Morgan fingerprint density at radius 3 is 1.89 bits per heavy atom. The standard InChI is InChI=1S/C49H71N17O10/c1-27(67)60-33(14-8-22-57-48(52)53)42(71)62-34-15-7-21-56-40(69)20-18-32(41(51)70)61-47(76)38(25-29-26-59-31-13-6-5-12-30(29)31)66-44(73)35(16-9-23-58-49(54)55)63-46(75)37(24-28-10-3-2-4-11-28)65-45(74)36(64-43(34)72)17-19-39(50)68/h2-6,10-13,26,32-38,59H,7-9,14-25H2,1H3,(H2,50,68)(H2,51,70)(H,56,69)(H,60,67)(H,61,76)(H,62,71)(H,63,75)(H,64,72)(H,65,74)(H,66,73)(H4,52,53,57)(H4,54,55,58). The van der Waals surface area contributed by atoms with Gasteiger partial charge in [0.1, 0.15) is 42.3 Å². The van der Waals surface area contributed by atoms with Gasteiger partial charge >= 0.3 is 0 Å². The molecule has 0 saturated carbocycles. The number of carbonyl (C=O) groups is 10. The number of guanidine groups is 2. The molecule has 0 aliphatic carbocycles. The van der Waals surface area contributed by atoms with Crippen LogP contribution in [-0.2, 0) is 60.8 Å². The minimum atomic E-state index is -1.56.